The first-order valence-corrected chi connectivity index (χ1v) is 5.31. The van der Waals surface area contributed by atoms with E-state index in [2.05, 4.69) is 5.32 Å². The molecule has 0 aliphatic heterocycles. The lowest BCUT2D eigenvalue weighted by molar-refractivity contribution is 0.129. The molecule has 1 rings (SSSR count). The second kappa shape index (κ2) is 5.95. The molecular formula is C11H17ClN2O. The van der Waals surface area contributed by atoms with Gasteiger partial charge in [0.15, 0.2) is 0 Å². The molecule has 4 heteroatoms. The minimum Gasteiger partial charge on any atom is -0.382 e. The van der Waals surface area contributed by atoms with Crippen LogP contribution in [0.2, 0.25) is 5.02 Å². The first-order valence-electron chi connectivity index (χ1n) is 4.93. The van der Waals surface area contributed by atoms with Crippen LogP contribution in [0.25, 0.3) is 0 Å². The maximum absolute atomic E-state index is 6.03. The molecule has 3 N–H and O–H groups in total. The molecule has 15 heavy (non-hydrogen) atoms. The topological polar surface area (TPSA) is 47.3 Å². The zero-order valence-electron chi connectivity index (χ0n) is 9.09. The van der Waals surface area contributed by atoms with Crippen molar-refractivity contribution in [2.24, 2.45) is 5.73 Å². The number of ether oxygens (including phenoxy) is 1. The number of halogens is 1. The molecule has 0 amide bonds. The third-order valence-corrected chi connectivity index (χ3v) is 2.66. The number of methoxy groups -OCH3 is 1. The molecule has 0 fully saturated rings. The Morgan fingerprint density at radius 1 is 1.53 bits per heavy atom. The summed E-state index contributed by atoms with van der Waals surface area (Å²) in [5, 5.41) is 3.97. The van der Waals surface area contributed by atoms with Gasteiger partial charge in [-0.05, 0) is 19.1 Å². The standard InChI is InChI=1S/C11H17ClN2O/c1-8(15-2)7-14-11-5-3-4-10(12)9(11)6-13/h3-5,8,14H,6-7,13H2,1-2H3. The summed E-state index contributed by atoms with van der Waals surface area (Å²) >= 11 is 6.03. The second-order valence-corrected chi connectivity index (χ2v) is 3.80. The lowest BCUT2D eigenvalue weighted by Gasteiger charge is -2.15. The fourth-order valence-electron chi connectivity index (χ4n) is 1.27. The minimum absolute atomic E-state index is 0.162. The number of hydrogen-bond acceptors (Lipinski definition) is 3. The van der Waals surface area contributed by atoms with Crippen LogP contribution in [0.15, 0.2) is 18.2 Å². The molecule has 3 nitrogen and oxygen atoms in total. The fraction of sp³-hybridized carbons (Fsp3) is 0.455. The van der Waals surface area contributed by atoms with Gasteiger partial charge in [0.2, 0.25) is 0 Å². The molecular weight excluding hydrogens is 212 g/mol. The van der Waals surface area contributed by atoms with E-state index in [0.717, 1.165) is 17.8 Å². The largest absolute Gasteiger partial charge is 0.382 e. The van der Waals surface area contributed by atoms with Crippen LogP contribution in [0, 0.1) is 0 Å². The Morgan fingerprint density at radius 2 is 2.27 bits per heavy atom. The maximum atomic E-state index is 6.03. The lowest BCUT2D eigenvalue weighted by atomic mass is 10.1. The highest BCUT2D eigenvalue weighted by molar-refractivity contribution is 6.31. The molecule has 1 aromatic rings. The SMILES string of the molecule is COC(C)CNc1cccc(Cl)c1CN. The van der Waals surface area contributed by atoms with Gasteiger partial charge < -0.3 is 15.8 Å². The quantitative estimate of drug-likeness (QED) is 0.813. The predicted molar refractivity (Wildman–Crippen MR) is 64.3 cm³/mol. The molecule has 0 radical (unpaired) electrons. The summed E-state index contributed by atoms with van der Waals surface area (Å²) < 4.78 is 5.15. The van der Waals surface area contributed by atoms with Gasteiger partial charge in [-0.1, -0.05) is 17.7 Å². The van der Waals surface area contributed by atoms with Gasteiger partial charge in [-0.3, -0.25) is 0 Å². The Kier molecular flexibility index (Phi) is 4.88. The Labute approximate surface area is 95.6 Å². The van der Waals surface area contributed by atoms with Crippen molar-refractivity contribution in [1.82, 2.24) is 0 Å². The Bertz CT molecular complexity index is 317. The van der Waals surface area contributed by atoms with E-state index >= 15 is 0 Å². The highest BCUT2D eigenvalue weighted by Crippen LogP contribution is 2.23. The maximum Gasteiger partial charge on any atom is 0.0715 e. The van der Waals surface area contributed by atoms with Crippen molar-refractivity contribution < 1.29 is 4.74 Å². The summed E-state index contributed by atoms with van der Waals surface area (Å²) in [5.74, 6) is 0. The molecule has 1 unspecified atom stereocenters. The monoisotopic (exact) mass is 228 g/mol. The number of rotatable bonds is 5. The smallest absolute Gasteiger partial charge is 0.0715 e. The average molecular weight is 229 g/mol. The number of anilines is 1. The summed E-state index contributed by atoms with van der Waals surface area (Å²) in [5.41, 5.74) is 7.56. The van der Waals surface area contributed by atoms with Gasteiger partial charge in [-0.15, -0.1) is 0 Å². The van der Waals surface area contributed by atoms with E-state index < -0.39 is 0 Å². The van der Waals surface area contributed by atoms with Crippen LogP contribution in [0.5, 0.6) is 0 Å². The van der Waals surface area contributed by atoms with E-state index in [1.807, 2.05) is 25.1 Å². The molecule has 0 aliphatic carbocycles. The molecule has 0 spiro atoms. The van der Waals surface area contributed by atoms with Crippen molar-refractivity contribution in [3.63, 3.8) is 0 Å². The van der Waals surface area contributed by atoms with Gasteiger partial charge in [-0.2, -0.15) is 0 Å². The van der Waals surface area contributed by atoms with Gasteiger partial charge in [0.25, 0.3) is 0 Å². The molecule has 0 saturated heterocycles. The van der Waals surface area contributed by atoms with E-state index in [1.165, 1.54) is 0 Å². The summed E-state index contributed by atoms with van der Waals surface area (Å²) in [4.78, 5) is 0. The number of nitrogens with one attached hydrogen (secondary N) is 1. The van der Waals surface area contributed by atoms with Crippen molar-refractivity contribution in [2.75, 3.05) is 19.0 Å². The summed E-state index contributed by atoms with van der Waals surface area (Å²) in [6, 6.07) is 5.71. The van der Waals surface area contributed by atoms with Crippen LogP contribution < -0.4 is 11.1 Å². The fourth-order valence-corrected chi connectivity index (χ4v) is 1.52. The molecule has 1 aromatic carbocycles. The minimum atomic E-state index is 0.162. The predicted octanol–water partition coefficient (Wildman–Crippen LogP) is 2.25. The van der Waals surface area contributed by atoms with E-state index in [9.17, 15) is 0 Å². The Balaban J connectivity index is 2.72. The molecule has 1 atom stereocenters. The van der Waals surface area contributed by atoms with E-state index in [-0.39, 0.29) is 6.10 Å². The van der Waals surface area contributed by atoms with Gasteiger partial charge in [0.1, 0.15) is 0 Å². The molecule has 0 saturated carbocycles. The van der Waals surface area contributed by atoms with E-state index in [0.29, 0.717) is 11.6 Å². The third kappa shape index (κ3) is 3.38. The summed E-state index contributed by atoms with van der Waals surface area (Å²) in [6.07, 6.45) is 0.162. The zero-order chi connectivity index (χ0) is 11.3. The van der Waals surface area contributed by atoms with Crippen LogP contribution >= 0.6 is 11.6 Å². The van der Waals surface area contributed by atoms with Crippen LogP contribution in [0.3, 0.4) is 0 Å². The molecule has 0 bridgehead atoms. The normalized spacial score (nSPS) is 12.5. The van der Waals surface area contributed by atoms with Crippen molar-refractivity contribution >= 4 is 17.3 Å². The van der Waals surface area contributed by atoms with Gasteiger partial charge in [0, 0.05) is 36.5 Å². The van der Waals surface area contributed by atoms with Crippen LogP contribution in [0.1, 0.15) is 12.5 Å². The number of hydrogen-bond donors (Lipinski definition) is 2. The first kappa shape index (κ1) is 12.3. The second-order valence-electron chi connectivity index (χ2n) is 3.40. The van der Waals surface area contributed by atoms with E-state index in [1.54, 1.807) is 7.11 Å². The Hall–Kier alpha value is -0.770. The number of nitrogens with two attached hydrogens (primary N) is 1. The van der Waals surface area contributed by atoms with Crippen LogP contribution in [0.4, 0.5) is 5.69 Å². The zero-order valence-corrected chi connectivity index (χ0v) is 9.84. The van der Waals surface area contributed by atoms with Crippen LogP contribution in [-0.2, 0) is 11.3 Å². The van der Waals surface area contributed by atoms with Crippen molar-refractivity contribution in [1.29, 1.82) is 0 Å². The van der Waals surface area contributed by atoms with Crippen LogP contribution in [-0.4, -0.2) is 19.8 Å². The van der Waals surface area contributed by atoms with E-state index in [4.69, 9.17) is 22.1 Å². The van der Waals surface area contributed by atoms with Crippen molar-refractivity contribution in [3.05, 3.63) is 28.8 Å². The van der Waals surface area contributed by atoms with Crippen molar-refractivity contribution in [2.45, 2.75) is 19.6 Å². The highest BCUT2D eigenvalue weighted by Gasteiger charge is 2.06. The Morgan fingerprint density at radius 3 is 2.87 bits per heavy atom. The van der Waals surface area contributed by atoms with Gasteiger partial charge in [0.05, 0.1) is 6.10 Å². The average Bonchev–Trinajstić information content (AvgIpc) is 2.25. The highest BCUT2D eigenvalue weighted by atomic mass is 35.5. The molecule has 84 valence electrons. The summed E-state index contributed by atoms with van der Waals surface area (Å²) in [7, 11) is 1.69. The third-order valence-electron chi connectivity index (χ3n) is 2.31. The molecule has 0 heterocycles. The van der Waals surface area contributed by atoms with Crippen molar-refractivity contribution in [3.8, 4) is 0 Å². The van der Waals surface area contributed by atoms with Gasteiger partial charge >= 0.3 is 0 Å². The molecule has 0 aromatic heterocycles. The lowest BCUT2D eigenvalue weighted by Crippen LogP contribution is -2.19. The first-order chi connectivity index (χ1) is 7.19. The molecule has 0 aliphatic rings. The van der Waals surface area contributed by atoms with Gasteiger partial charge in [-0.25, -0.2) is 0 Å². The number of benzene rings is 1. The summed E-state index contributed by atoms with van der Waals surface area (Å²) in [6.45, 7) is 3.17.